The molecule has 0 saturated carbocycles. The quantitative estimate of drug-likeness (QED) is 0.175. The van der Waals surface area contributed by atoms with Crippen molar-refractivity contribution in [3.63, 3.8) is 0 Å². The third-order valence-electron chi connectivity index (χ3n) is 6.67. The molecule has 0 aromatic heterocycles. The first-order chi connectivity index (χ1) is 18.7. The number of carbonyl (C=O) groups is 3. The van der Waals surface area contributed by atoms with E-state index < -0.39 is 11.7 Å². The molecule has 0 fully saturated rings. The minimum Gasteiger partial charge on any atom is -0.444 e. The maximum absolute atomic E-state index is 12.4. The van der Waals surface area contributed by atoms with Crippen LogP contribution in [0, 0.1) is 0 Å². The molecule has 39 heavy (non-hydrogen) atoms. The van der Waals surface area contributed by atoms with Crippen molar-refractivity contribution < 1.29 is 23.9 Å². The van der Waals surface area contributed by atoms with E-state index in [-0.39, 0.29) is 11.8 Å². The van der Waals surface area contributed by atoms with Crippen molar-refractivity contribution in [3.8, 4) is 0 Å². The first-order valence-corrected chi connectivity index (χ1v) is 14.4. The minimum atomic E-state index is -0.519. The number of nitrogens with zero attached hydrogens (tertiary/aromatic N) is 1. The molecule has 1 N–H and O–H groups in total. The van der Waals surface area contributed by atoms with Crippen LogP contribution in [-0.4, -0.2) is 41.6 Å². The largest absolute Gasteiger partial charge is 0.444 e. The number of ether oxygens (including phenoxy) is 2. The number of hydrogen-bond donors (Lipinski definition) is 1. The molecule has 2 aromatic rings. The lowest BCUT2D eigenvalue weighted by Crippen LogP contribution is -2.30. The van der Waals surface area contributed by atoms with Crippen molar-refractivity contribution in [2.75, 3.05) is 18.5 Å². The Morgan fingerprint density at radius 2 is 1.26 bits per heavy atom. The monoisotopic (exact) mass is 536 g/mol. The third kappa shape index (κ3) is 10.5. The predicted octanol–water partition coefficient (Wildman–Crippen LogP) is 7.75. The maximum atomic E-state index is 12.4. The van der Waals surface area contributed by atoms with Gasteiger partial charge in [0.2, 0.25) is 0 Å². The summed E-state index contributed by atoms with van der Waals surface area (Å²) in [5.41, 5.74) is 2.33. The zero-order chi connectivity index (χ0) is 28.1. The molecule has 3 amide bonds. The lowest BCUT2D eigenvalue weighted by atomic mass is 10.1. The summed E-state index contributed by atoms with van der Waals surface area (Å²) in [4.78, 5) is 38.0. The fourth-order valence-corrected chi connectivity index (χ4v) is 4.63. The van der Waals surface area contributed by atoms with Crippen molar-refractivity contribution in [3.05, 3.63) is 65.2 Å². The number of rotatable bonds is 16. The lowest BCUT2D eigenvalue weighted by molar-refractivity contribution is 0.0628. The first kappa shape index (κ1) is 30.4. The van der Waals surface area contributed by atoms with Crippen molar-refractivity contribution in [2.45, 2.75) is 97.2 Å². The first-order valence-electron chi connectivity index (χ1n) is 14.4. The number of amides is 3. The topological polar surface area (TPSA) is 84.9 Å². The summed E-state index contributed by atoms with van der Waals surface area (Å²) in [6.07, 6.45) is 11.0. The van der Waals surface area contributed by atoms with Gasteiger partial charge in [0.15, 0.2) is 0 Å². The molecule has 0 spiro atoms. The highest BCUT2D eigenvalue weighted by atomic mass is 16.6. The summed E-state index contributed by atoms with van der Waals surface area (Å²) in [6.45, 7) is 7.35. The van der Waals surface area contributed by atoms with E-state index in [1.807, 2.05) is 45.0 Å². The highest BCUT2D eigenvalue weighted by Crippen LogP contribution is 2.23. The molecular weight excluding hydrogens is 492 g/mol. The second-order valence-electron chi connectivity index (χ2n) is 11.2. The number of anilines is 1. The Morgan fingerprint density at radius 3 is 1.79 bits per heavy atom. The lowest BCUT2D eigenvalue weighted by Gasteiger charge is -2.19. The van der Waals surface area contributed by atoms with Gasteiger partial charge in [-0.05, 0) is 63.4 Å². The third-order valence-corrected chi connectivity index (χ3v) is 6.67. The van der Waals surface area contributed by atoms with Gasteiger partial charge in [0.1, 0.15) is 5.60 Å². The highest BCUT2D eigenvalue weighted by Gasteiger charge is 2.34. The fourth-order valence-electron chi connectivity index (χ4n) is 4.63. The van der Waals surface area contributed by atoms with E-state index in [1.165, 1.54) is 43.4 Å². The molecule has 1 heterocycles. The number of hydrogen-bond acceptors (Lipinski definition) is 5. The van der Waals surface area contributed by atoms with Gasteiger partial charge in [-0.1, -0.05) is 75.6 Å². The molecule has 1 aliphatic rings. The van der Waals surface area contributed by atoms with Gasteiger partial charge in [-0.3, -0.25) is 19.8 Å². The number of imide groups is 1. The van der Waals surface area contributed by atoms with Gasteiger partial charge in [0.25, 0.3) is 11.8 Å². The molecular formula is C32H44N2O5. The zero-order valence-corrected chi connectivity index (χ0v) is 23.8. The molecule has 0 radical (unpaired) electrons. The summed E-state index contributed by atoms with van der Waals surface area (Å²) in [6, 6.07) is 14.7. The smallest absolute Gasteiger partial charge is 0.412 e. The Balaban J connectivity index is 1.11. The van der Waals surface area contributed by atoms with Crippen LogP contribution in [0.15, 0.2) is 48.5 Å². The maximum Gasteiger partial charge on any atom is 0.412 e. The van der Waals surface area contributed by atoms with Gasteiger partial charge < -0.3 is 9.47 Å². The summed E-state index contributed by atoms with van der Waals surface area (Å²) in [7, 11) is 0. The van der Waals surface area contributed by atoms with Crippen LogP contribution in [-0.2, 0) is 16.1 Å². The summed E-state index contributed by atoms with van der Waals surface area (Å²) in [5.74, 6) is -0.298. The normalized spacial score (nSPS) is 13.1. The predicted molar refractivity (Wildman–Crippen MR) is 154 cm³/mol. The van der Waals surface area contributed by atoms with Gasteiger partial charge in [0.05, 0.1) is 17.7 Å². The van der Waals surface area contributed by atoms with Gasteiger partial charge in [0, 0.05) is 18.8 Å². The molecule has 1 aliphatic heterocycles. The Bertz CT molecular complexity index is 1040. The Labute approximate surface area is 233 Å². The molecule has 0 unspecified atom stereocenters. The van der Waals surface area contributed by atoms with Crippen LogP contribution in [0.3, 0.4) is 0 Å². The van der Waals surface area contributed by atoms with Crippen LogP contribution in [0.1, 0.15) is 111 Å². The zero-order valence-electron chi connectivity index (χ0n) is 23.8. The van der Waals surface area contributed by atoms with E-state index in [0.29, 0.717) is 30.0 Å². The van der Waals surface area contributed by atoms with Crippen LogP contribution >= 0.6 is 0 Å². The Hall–Kier alpha value is -3.19. The van der Waals surface area contributed by atoms with Crippen LogP contribution < -0.4 is 5.32 Å². The van der Waals surface area contributed by atoms with Crippen LogP contribution in [0.25, 0.3) is 0 Å². The van der Waals surface area contributed by atoms with E-state index in [9.17, 15) is 14.4 Å². The Morgan fingerprint density at radius 1 is 0.744 bits per heavy atom. The molecule has 0 bridgehead atoms. The van der Waals surface area contributed by atoms with E-state index in [2.05, 4.69) is 5.32 Å². The Kier molecular flexibility index (Phi) is 12.0. The average Bonchev–Trinajstić information content (AvgIpc) is 3.13. The molecule has 7 heteroatoms. The highest BCUT2D eigenvalue weighted by molar-refractivity contribution is 6.21. The number of carbonyl (C=O) groups excluding carboxylic acids is 3. The average molecular weight is 537 g/mol. The van der Waals surface area contributed by atoms with Crippen LogP contribution in [0.4, 0.5) is 10.5 Å². The van der Waals surface area contributed by atoms with Crippen molar-refractivity contribution in [2.24, 2.45) is 0 Å². The van der Waals surface area contributed by atoms with Gasteiger partial charge in [-0.2, -0.15) is 0 Å². The summed E-state index contributed by atoms with van der Waals surface area (Å²) < 4.78 is 11.1. The molecule has 0 atom stereocenters. The van der Waals surface area contributed by atoms with Gasteiger partial charge in [-0.25, -0.2) is 4.79 Å². The molecule has 2 aromatic carbocycles. The van der Waals surface area contributed by atoms with Crippen molar-refractivity contribution in [1.29, 1.82) is 0 Å². The molecule has 0 saturated heterocycles. The second kappa shape index (κ2) is 15.4. The standard InChI is InChI=1S/C32H44N2O5/c1-32(2,3)39-31(37)33-26-20-18-25(19-21-26)24-38-23-15-11-9-7-5-4-6-8-10-14-22-34-29(35)27-16-12-13-17-28(27)30(34)36/h12-13,16-21H,4-11,14-15,22-24H2,1-3H3,(H,33,37). The molecule has 212 valence electrons. The molecule has 0 aliphatic carbocycles. The molecule has 7 nitrogen and oxygen atoms in total. The number of fused-ring (bicyclic) bond motifs is 1. The van der Waals surface area contributed by atoms with E-state index in [0.717, 1.165) is 37.9 Å². The fraction of sp³-hybridized carbons (Fsp3) is 0.531. The van der Waals surface area contributed by atoms with Gasteiger partial charge >= 0.3 is 6.09 Å². The minimum absolute atomic E-state index is 0.149. The van der Waals surface area contributed by atoms with E-state index in [4.69, 9.17) is 9.47 Å². The van der Waals surface area contributed by atoms with Crippen molar-refractivity contribution in [1.82, 2.24) is 4.90 Å². The van der Waals surface area contributed by atoms with Gasteiger partial charge in [-0.15, -0.1) is 0 Å². The SMILES string of the molecule is CC(C)(C)OC(=O)Nc1ccc(COCCCCCCCCCCCCN2C(=O)c3ccccc3C2=O)cc1. The second-order valence-corrected chi connectivity index (χ2v) is 11.2. The van der Waals surface area contributed by atoms with Crippen LogP contribution in [0.2, 0.25) is 0 Å². The van der Waals surface area contributed by atoms with Crippen LogP contribution in [0.5, 0.6) is 0 Å². The summed E-state index contributed by atoms with van der Waals surface area (Å²) in [5, 5.41) is 2.73. The van der Waals surface area contributed by atoms with E-state index >= 15 is 0 Å². The molecule has 3 rings (SSSR count). The van der Waals surface area contributed by atoms with E-state index in [1.54, 1.807) is 24.3 Å². The number of unbranched alkanes of at least 4 members (excludes halogenated alkanes) is 9. The number of benzene rings is 2. The number of nitrogens with one attached hydrogen (secondary N) is 1. The summed E-state index contributed by atoms with van der Waals surface area (Å²) >= 11 is 0. The van der Waals surface area contributed by atoms with Crippen molar-refractivity contribution >= 4 is 23.6 Å².